The molecule has 6 heteroatoms. The first-order chi connectivity index (χ1) is 13.7. The van der Waals surface area contributed by atoms with Gasteiger partial charge >= 0.3 is 62.0 Å². The standard InChI is InChI=1S/2C10H20O2.4CH3.2Sn/c2*1-10(2,3)8-6-4-5-7-9(11)12;;;;;;/h2*4-8H2,1-3H3,(H,11,12);4*1H3;;/q;;;;;;2*+2/p-2. The van der Waals surface area contributed by atoms with Crippen LogP contribution in [0.25, 0.3) is 0 Å². The molecule has 0 aliphatic heterocycles. The molecule has 0 bridgehead atoms. The molecule has 176 valence electrons. The van der Waals surface area contributed by atoms with Crippen LogP contribution in [-0.2, 0) is 9.59 Å². The van der Waals surface area contributed by atoms with E-state index in [4.69, 9.17) is 0 Å². The first kappa shape index (κ1) is 37.8. The third kappa shape index (κ3) is 63.0. The molecule has 0 atom stereocenters. The third-order valence-corrected chi connectivity index (χ3v) is 3.62. The normalized spacial score (nSPS) is 9.93. The predicted octanol–water partition coefficient (Wildman–Crippen LogP) is 5.04. The number of rotatable bonds is 10. The molecule has 0 aromatic rings. The van der Waals surface area contributed by atoms with Gasteiger partial charge in [-0.3, -0.25) is 0 Å². The fraction of sp³-hybridized carbons (Fsp3) is 0.917. The number of aliphatic carboxylic acids is 2. The zero-order valence-electron chi connectivity index (χ0n) is 21.7. The van der Waals surface area contributed by atoms with E-state index in [2.05, 4.69) is 61.3 Å². The molecule has 0 spiro atoms. The molecule has 0 aromatic heterocycles. The zero-order valence-corrected chi connectivity index (χ0v) is 27.4. The summed E-state index contributed by atoms with van der Waals surface area (Å²) >= 11 is 0.460. The molecular weight excluding hydrogens is 590 g/mol. The second-order valence-corrected chi connectivity index (χ2v) is 15.7. The Hall–Kier alpha value is 0.537. The molecule has 0 saturated heterocycles. The molecule has 0 aromatic carbocycles. The van der Waals surface area contributed by atoms with E-state index in [1.165, 1.54) is 12.8 Å². The first-order valence-corrected chi connectivity index (χ1v) is 22.6. The van der Waals surface area contributed by atoms with Gasteiger partial charge in [-0.2, -0.15) is 0 Å². The average molecular weight is 640 g/mol. The van der Waals surface area contributed by atoms with E-state index >= 15 is 0 Å². The Balaban J connectivity index is -0.000000178. The molecule has 0 heterocycles. The summed E-state index contributed by atoms with van der Waals surface area (Å²) in [6.45, 7) is 13.2. The van der Waals surface area contributed by atoms with Crippen LogP contribution < -0.4 is 10.2 Å². The van der Waals surface area contributed by atoms with Crippen LogP contribution in [0.1, 0.15) is 106 Å². The van der Waals surface area contributed by atoms with E-state index in [1.807, 2.05) is 0 Å². The summed E-state index contributed by atoms with van der Waals surface area (Å²) in [5.74, 6) is -1.85. The van der Waals surface area contributed by atoms with E-state index in [-0.39, 0.29) is 55.1 Å². The monoisotopic (exact) mass is 642 g/mol. The van der Waals surface area contributed by atoms with E-state index in [0.29, 0.717) is 10.8 Å². The van der Waals surface area contributed by atoms with Crippen molar-refractivity contribution < 1.29 is 19.8 Å². The van der Waals surface area contributed by atoms with Crippen molar-refractivity contribution >= 4 is 54.2 Å². The summed E-state index contributed by atoms with van der Waals surface area (Å²) in [5, 5.41) is 20.1. The number of carboxylic acids is 2. The number of carbonyl (C=O) groups is 2. The van der Waals surface area contributed by atoms with Crippen molar-refractivity contribution in [2.24, 2.45) is 10.8 Å². The Kier molecular flexibility index (Phi) is 32.5. The molecular formula is C24H50O4Sn2+2. The van der Waals surface area contributed by atoms with Crippen LogP contribution >= 0.6 is 0 Å². The molecule has 0 saturated carbocycles. The van der Waals surface area contributed by atoms with Gasteiger partial charge in [0.15, 0.2) is 0 Å². The number of unbranched alkanes of at least 4 members (excludes halogenated alkanes) is 4. The number of carbonyl (C=O) groups excluding carboxylic acids is 2. The predicted molar refractivity (Wildman–Crippen MR) is 130 cm³/mol. The van der Waals surface area contributed by atoms with Gasteiger partial charge in [0.1, 0.15) is 0 Å². The van der Waals surface area contributed by atoms with Gasteiger partial charge in [-0.25, -0.2) is 0 Å². The van der Waals surface area contributed by atoms with Crippen molar-refractivity contribution in [2.45, 2.75) is 126 Å². The maximum absolute atomic E-state index is 10.0. The molecule has 30 heavy (non-hydrogen) atoms. The van der Waals surface area contributed by atoms with Crippen molar-refractivity contribution in [3.8, 4) is 0 Å². The van der Waals surface area contributed by atoms with Crippen LogP contribution in [0.5, 0.6) is 0 Å². The summed E-state index contributed by atoms with van der Waals surface area (Å²) in [4.78, 5) is 29.3. The van der Waals surface area contributed by atoms with Gasteiger partial charge in [0.2, 0.25) is 0 Å². The van der Waals surface area contributed by atoms with Crippen molar-refractivity contribution in [1.82, 2.24) is 0 Å². The van der Waals surface area contributed by atoms with Crippen LogP contribution in [0, 0.1) is 10.8 Å². The molecule has 0 amide bonds. The van der Waals surface area contributed by atoms with E-state index < -0.39 is 11.9 Å². The molecule has 0 rings (SSSR count). The minimum absolute atomic E-state index is 0.212. The summed E-state index contributed by atoms with van der Waals surface area (Å²) in [6.07, 6.45) is 8.54. The van der Waals surface area contributed by atoms with Crippen molar-refractivity contribution in [3.05, 3.63) is 0 Å². The number of hydrogen-bond donors (Lipinski definition) is 0. The summed E-state index contributed by atoms with van der Waals surface area (Å²) in [7, 11) is 0. The van der Waals surface area contributed by atoms with E-state index in [1.54, 1.807) is 0 Å². The Morgan fingerprint density at radius 3 is 0.967 bits per heavy atom. The Labute approximate surface area is 209 Å². The summed E-state index contributed by atoms with van der Waals surface area (Å²) in [6, 6.07) is 0. The second-order valence-electron chi connectivity index (χ2n) is 9.99. The molecule has 0 aliphatic carbocycles. The van der Waals surface area contributed by atoms with E-state index in [0.717, 1.165) is 38.5 Å². The van der Waals surface area contributed by atoms with Gasteiger partial charge in [-0.1, -0.05) is 67.2 Å². The Bertz CT molecular complexity index is 336. The van der Waals surface area contributed by atoms with Gasteiger partial charge in [0, 0.05) is 11.9 Å². The van der Waals surface area contributed by atoms with Gasteiger partial charge in [-0.15, -0.1) is 0 Å². The second kappa shape index (κ2) is 25.8. The van der Waals surface area contributed by atoms with Crippen molar-refractivity contribution in [1.29, 1.82) is 0 Å². The summed E-state index contributed by atoms with van der Waals surface area (Å²) in [5.41, 5.74) is 0.753. The van der Waals surface area contributed by atoms with Crippen LogP contribution in [0.15, 0.2) is 0 Å². The summed E-state index contributed by atoms with van der Waals surface area (Å²) < 4.78 is 0. The quantitative estimate of drug-likeness (QED) is 0.248. The first-order valence-electron chi connectivity index (χ1n) is 11.2. The topological polar surface area (TPSA) is 80.3 Å². The molecule has 0 fully saturated rings. The maximum atomic E-state index is 10.0. The van der Waals surface area contributed by atoms with Crippen LogP contribution in [-0.4, -0.2) is 54.2 Å². The van der Waals surface area contributed by atoms with Gasteiger partial charge < -0.3 is 19.8 Å². The van der Waals surface area contributed by atoms with Crippen LogP contribution in [0.3, 0.4) is 0 Å². The molecule has 0 radical (unpaired) electrons. The Morgan fingerprint density at radius 1 is 0.567 bits per heavy atom. The molecule has 0 N–H and O–H groups in total. The van der Waals surface area contributed by atoms with E-state index in [9.17, 15) is 19.8 Å². The fourth-order valence-corrected chi connectivity index (χ4v) is 2.20. The third-order valence-electron chi connectivity index (χ3n) is 3.62. The van der Waals surface area contributed by atoms with Gasteiger partial charge in [-0.05, 0) is 49.4 Å². The Morgan fingerprint density at radius 2 is 0.800 bits per heavy atom. The van der Waals surface area contributed by atoms with Crippen molar-refractivity contribution in [2.75, 3.05) is 0 Å². The molecule has 4 nitrogen and oxygen atoms in total. The fourth-order valence-electron chi connectivity index (χ4n) is 2.20. The van der Waals surface area contributed by atoms with Crippen LogP contribution in [0.2, 0.25) is 19.8 Å². The van der Waals surface area contributed by atoms with Gasteiger partial charge in [0.25, 0.3) is 0 Å². The minimum atomic E-state index is -0.925. The number of hydrogen-bond acceptors (Lipinski definition) is 4. The molecule has 0 aliphatic rings. The number of carboxylic acid groups (broad SMARTS) is 2. The van der Waals surface area contributed by atoms with Crippen molar-refractivity contribution in [3.63, 3.8) is 0 Å². The zero-order chi connectivity index (χ0) is 24.6. The van der Waals surface area contributed by atoms with Gasteiger partial charge in [0.05, 0.1) is 0 Å². The molecule has 0 unspecified atom stereocenters. The SMILES string of the molecule is CC(C)(C)CCCCCC(=O)[O-].CC(C)(C)CCCCCC(=O)[O-].[CH3][Sn+2][CH3].[CH3][Sn+2][CH3]. The average Bonchev–Trinajstić information content (AvgIpc) is 2.53. The van der Waals surface area contributed by atoms with Crippen LogP contribution in [0.4, 0.5) is 0 Å².